The van der Waals surface area contributed by atoms with Crippen LogP contribution in [0, 0.1) is 5.82 Å². The Kier molecular flexibility index (Phi) is 4.09. The summed E-state index contributed by atoms with van der Waals surface area (Å²) < 4.78 is 14.6. The van der Waals surface area contributed by atoms with E-state index in [9.17, 15) is 9.18 Å². The van der Waals surface area contributed by atoms with Crippen LogP contribution in [-0.4, -0.2) is 40.8 Å². The van der Waals surface area contributed by atoms with E-state index in [0.717, 1.165) is 30.8 Å². The molecule has 0 atom stereocenters. The summed E-state index contributed by atoms with van der Waals surface area (Å²) in [6.45, 7) is 2.59. The van der Waals surface area contributed by atoms with Crippen molar-refractivity contribution in [2.24, 2.45) is 0 Å². The van der Waals surface area contributed by atoms with Gasteiger partial charge < -0.3 is 9.80 Å². The predicted molar refractivity (Wildman–Crippen MR) is 94.3 cm³/mol. The molecular formula is C20H20FN3O. The molecule has 0 aliphatic carbocycles. The molecule has 0 fully saturated rings. The summed E-state index contributed by atoms with van der Waals surface area (Å²) in [5.74, 6) is -0.335. The minimum Gasteiger partial charge on any atom is -0.328 e. The van der Waals surface area contributed by atoms with Crippen LogP contribution in [0.25, 0.3) is 5.57 Å². The van der Waals surface area contributed by atoms with Gasteiger partial charge in [0.1, 0.15) is 5.82 Å². The Bertz CT molecular complexity index is 862. The van der Waals surface area contributed by atoms with E-state index < -0.39 is 0 Å². The summed E-state index contributed by atoms with van der Waals surface area (Å²) in [6, 6.07) is 8.88. The van der Waals surface area contributed by atoms with Gasteiger partial charge in [-0.25, -0.2) is 4.39 Å². The Balaban J connectivity index is 1.52. The molecule has 1 aromatic heterocycles. The van der Waals surface area contributed by atoms with E-state index in [1.165, 1.54) is 5.57 Å². The summed E-state index contributed by atoms with van der Waals surface area (Å²) in [4.78, 5) is 20.5. The van der Waals surface area contributed by atoms with Crippen LogP contribution in [0.1, 0.15) is 33.6 Å². The fourth-order valence-corrected chi connectivity index (χ4v) is 3.42. The van der Waals surface area contributed by atoms with Crippen molar-refractivity contribution in [3.63, 3.8) is 0 Å². The van der Waals surface area contributed by atoms with Crippen molar-refractivity contribution < 1.29 is 9.18 Å². The molecule has 0 spiro atoms. The van der Waals surface area contributed by atoms with Crippen LogP contribution in [0.3, 0.4) is 0 Å². The largest absolute Gasteiger partial charge is 0.328 e. The molecule has 0 saturated carbocycles. The van der Waals surface area contributed by atoms with Gasteiger partial charge in [-0.15, -0.1) is 0 Å². The van der Waals surface area contributed by atoms with Crippen molar-refractivity contribution in [2.45, 2.75) is 19.5 Å². The highest BCUT2D eigenvalue weighted by Gasteiger charge is 2.28. The average molecular weight is 337 g/mol. The second-order valence-electron chi connectivity index (χ2n) is 6.71. The molecule has 0 unspecified atom stereocenters. The third-order valence-corrected chi connectivity index (χ3v) is 4.95. The summed E-state index contributed by atoms with van der Waals surface area (Å²) >= 11 is 0. The van der Waals surface area contributed by atoms with E-state index in [2.05, 4.69) is 23.0 Å². The maximum Gasteiger partial charge on any atom is 0.256 e. The molecule has 4 rings (SSSR count). The highest BCUT2D eigenvalue weighted by molar-refractivity contribution is 5.97. The predicted octanol–water partition coefficient (Wildman–Crippen LogP) is 3.10. The van der Waals surface area contributed by atoms with Crippen LogP contribution in [0.2, 0.25) is 0 Å². The van der Waals surface area contributed by atoms with Gasteiger partial charge in [0.15, 0.2) is 0 Å². The molecule has 0 radical (unpaired) electrons. The lowest BCUT2D eigenvalue weighted by molar-refractivity contribution is 0.0765. The Morgan fingerprint density at radius 3 is 2.88 bits per heavy atom. The SMILES string of the molecule is CN1CC=C(c2ccc(CN3Cc4ncccc4C3=O)c(F)c2)CC1. The van der Waals surface area contributed by atoms with Crippen molar-refractivity contribution in [2.75, 3.05) is 20.1 Å². The van der Waals surface area contributed by atoms with Gasteiger partial charge in [-0.2, -0.15) is 0 Å². The van der Waals surface area contributed by atoms with Gasteiger partial charge in [-0.1, -0.05) is 18.2 Å². The van der Waals surface area contributed by atoms with Crippen molar-refractivity contribution in [1.29, 1.82) is 0 Å². The molecule has 2 aliphatic rings. The molecule has 0 saturated heterocycles. The summed E-state index contributed by atoms with van der Waals surface area (Å²) in [5, 5.41) is 0. The molecule has 4 nitrogen and oxygen atoms in total. The number of pyridine rings is 1. The third kappa shape index (κ3) is 3.07. The van der Waals surface area contributed by atoms with E-state index in [1.807, 2.05) is 6.07 Å². The van der Waals surface area contributed by atoms with Crippen LogP contribution in [-0.2, 0) is 13.1 Å². The molecule has 0 N–H and O–H groups in total. The summed E-state index contributed by atoms with van der Waals surface area (Å²) in [6.07, 6.45) is 4.77. The Hall–Kier alpha value is -2.53. The number of fused-ring (bicyclic) bond motifs is 1. The first kappa shape index (κ1) is 16.0. The average Bonchev–Trinajstić information content (AvgIpc) is 2.94. The molecule has 0 bridgehead atoms. The van der Waals surface area contributed by atoms with Crippen molar-refractivity contribution >= 4 is 11.5 Å². The van der Waals surface area contributed by atoms with Crippen molar-refractivity contribution in [1.82, 2.24) is 14.8 Å². The van der Waals surface area contributed by atoms with Crippen molar-refractivity contribution in [3.05, 3.63) is 70.8 Å². The molecule has 3 heterocycles. The van der Waals surface area contributed by atoms with Gasteiger partial charge in [0.05, 0.1) is 17.8 Å². The Morgan fingerprint density at radius 1 is 1.28 bits per heavy atom. The number of nitrogens with zero attached hydrogens (tertiary/aromatic N) is 3. The number of amides is 1. The molecular weight excluding hydrogens is 317 g/mol. The van der Waals surface area contributed by atoms with Crippen molar-refractivity contribution in [3.8, 4) is 0 Å². The number of hydrogen-bond donors (Lipinski definition) is 0. The van der Waals surface area contributed by atoms with Gasteiger partial charge >= 0.3 is 0 Å². The zero-order valence-electron chi connectivity index (χ0n) is 14.2. The summed E-state index contributed by atoms with van der Waals surface area (Å²) in [5.41, 5.74) is 4.06. The van der Waals surface area contributed by atoms with E-state index in [1.54, 1.807) is 35.4 Å². The first-order valence-electron chi connectivity index (χ1n) is 8.51. The number of carbonyl (C=O) groups is 1. The standard InChI is InChI=1S/C20H20FN3O/c1-23-9-6-14(7-10-23)15-4-5-16(18(21)11-15)12-24-13-19-17(20(24)25)3-2-8-22-19/h2-6,8,11H,7,9-10,12-13H2,1H3. The first-order valence-corrected chi connectivity index (χ1v) is 8.51. The lowest BCUT2D eigenvalue weighted by atomic mass is 9.98. The van der Waals surface area contributed by atoms with Crippen LogP contribution in [0.15, 0.2) is 42.6 Å². The summed E-state index contributed by atoms with van der Waals surface area (Å²) in [7, 11) is 2.08. The monoisotopic (exact) mass is 337 g/mol. The highest BCUT2D eigenvalue weighted by atomic mass is 19.1. The fourth-order valence-electron chi connectivity index (χ4n) is 3.42. The fraction of sp³-hybridized carbons (Fsp3) is 0.300. The Morgan fingerprint density at radius 2 is 2.16 bits per heavy atom. The lowest BCUT2D eigenvalue weighted by Gasteiger charge is -2.22. The minimum absolute atomic E-state index is 0.0791. The van der Waals surface area contributed by atoms with Gasteiger partial charge in [-0.05, 0) is 42.8 Å². The second kappa shape index (κ2) is 6.41. The molecule has 2 aliphatic heterocycles. The van der Waals surface area contributed by atoms with E-state index >= 15 is 0 Å². The highest BCUT2D eigenvalue weighted by Crippen LogP contribution is 2.26. The zero-order chi connectivity index (χ0) is 17.4. The topological polar surface area (TPSA) is 36.4 Å². The van der Waals surface area contributed by atoms with Crippen LogP contribution in [0.4, 0.5) is 4.39 Å². The quantitative estimate of drug-likeness (QED) is 0.863. The van der Waals surface area contributed by atoms with E-state index in [4.69, 9.17) is 0 Å². The minimum atomic E-state index is -0.256. The number of hydrogen-bond acceptors (Lipinski definition) is 3. The first-order chi connectivity index (χ1) is 12.1. The molecule has 25 heavy (non-hydrogen) atoms. The zero-order valence-corrected chi connectivity index (χ0v) is 14.2. The van der Waals surface area contributed by atoms with Gasteiger partial charge in [0.2, 0.25) is 0 Å². The number of rotatable bonds is 3. The second-order valence-corrected chi connectivity index (χ2v) is 6.71. The number of benzene rings is 1. The molecule has 1 aromatic carbocycles. The van der Waals surface area contributed by atoms with Crippen LogP contribution < -0.4 is 0 Å². The number of likely N-dealkylation sites (N-methyl/N-ethyl adjacent to an activating group) is 1. The number of carbonyl (C=O) groups excluding carboxylic acids is 1. The number of halogens is 1. The molecule has 128 valence electrons. The van der Waals surface area contributed by atoms with Crippen LogP contribution >= 0.6 is 0 Å². The number of aromatic nitrogens is 1. The smallest absolute Gasteiger partial charge is 0.256 e. The van der Waals surface area contributed by atoms with Gasteiger partial charge in [0.25, 0.3) is 5.91 Å². The van der Waals surface area contributed by atoms with Crippen LogP contribution in [0.5, 0.6) is 0 Å². The van der Waals surface area contributed by atoms with E-state index in [-0.39, 0.29) is 18.3 Å². The normalized spacial score (nSPS) is 17.6. The Labute approximate surface area is 146 Å². The molecule has 5 heteroatoms. The van der Waals surface area contributed by atoms with Gasteiger partial charge in [-0.3, -0.25) is 9.78 Å². The van der Waals surface area contributed by atoms with E-state index in [0.29, 0.717) is 17.7 Å². The molecule has 1 amide bonds. The lowest BCUT2D eigenvalue weighted by Crippen LogP contribution is -2.24. The maximum absolute atomic E-state index is 14.6. The molecule has 2 aromatic rings. The maximum atomic E-state index is 14.6. The van der Waals surface area contributed by atoms with Gasteiger partial charge in [0, 0.05) is 31.4 Å². The third-order valence-electron chi connectivity index (χ3n) is 4.95.